The third-order valence-corrected chi connectivity index (χ3v) is 2.94. The highest BCUT2D eigenvalue weighted by atomic mass is 16.5. The fraction of sp³-hybridized carbons (Fsp3) is 0.583. The van der Waals surface area contributed by atoms with Crippen molar-refractivity contribution in [1.82, 2.24) is 9.97 Å². The van der Waals surface area contributed by atoms with Gasteiger partial charge >= 0.3 is 0 Å². The largest absolute Gasteiger partial charge is 0.370 e. The molecule has 1 rings (SSSR count). The first-order valence-corrected chi connectivity index (χ1v) is 5.48. The summed E-state index contributed by atoms with van der Waals surface area (Å²) < 4.78 is 5.54. The second kappa shape index (κ2) is 5.16. The van der Waals surface area contributed by atoms with Crippen LogP contribution in [0.1, 0.15) is 48.7 Å². The third-order valence-electron chi connectivity index (χ3n) is 2.94. The van der Waals surface area contributed by atoms with Gasteiger partial charge in [0.05, 0.1) is 0 Å². The number of aldehydes is 1. The fourth-order valence-electron chi connectivity index (χ4n) is 1.80. The summed E-state index contributed by atoms with van der Waals surface area (Å²) in [6.45, 7) is 5.91. The van der Waals surface area contributed by atoms with Crippen molar-refractivity contribution < 1.29 is 9.53 Å². The van der Waals surface area contributed by atoms with E-state index in [4.69, 9.17) is 4.74 Å². The van der Waals surface area contributed by atoms with E-state index in [0.29, 0.717) is 11.5 Å². The molecule has 0 bridgehead atoms. The summed E-state index contributed by atoms with van der Waals surface area (Å²) in [5, 5.41) is 0. The number of carbonyl (C=O) groups excluding carboxylic acids is 1. The lowest BCUT2D eigenvalue weighted by molar-refractivity contribution is -0.0293. The molecule has 0 fully saturated rings. The highest BCUT2D eigenvalue weighted by Crippen LogP contribution is 2.29. The van der Waals surface area contributed by atoms with E-state index in [-0.39, 0.29) is 0 Å². The molecule has 0 saturated carbocycles. The van der Waals surface area contributed by atoms with Crippen LogP contribution in [-0.2, 0) is 10.3 Å². The average molecular weight is 222 g/mol. The van der Waals surface area contributed by atoms with Crippen molar-refractivity contribution in [2.45, 2.75) is 39.2 Å². The van der Waals surface area contributed by atoms with E-state index >= 15 is 0 Å². The van der Waals surface area contributed by atoms with E-state index in [0.717, 1.165) is 24.8 Å². The zero-order valence-corrected chi connectivity index (χ0v) is 10.3. The van der Waals surface area contributed by atoms with Gasteiger partial charge in [0.15, 0.2) is 12.1 Å². The smallest absolute Gasteiger partial charge is 0.168 e. The number of aryl methyl sites for hydroxylation is 1. The van der Waals surface area contributed by atoms with Crippen LogP contribution in [0.25, 0.3) is 0 Å². The summed E-state index contributed by atoms with van der Waals surface area (Å²) in [5.41, 5.74) is 0.713. The molecule has 0 radical (unpaired) electrons. The van der Waals surface area contributed by atoms with Gasteiger partial charge in [-0.05, 0) is 25.8 Å². The Kier molecular flexibility index (Phi) is 4.12. The van der Waals surface area contributed by atoms with Crippen LogP contribution in [0.4, 0.5) is 0 Å². The van der Waals surface area contributed by atoms with Crippen molar-refractivity contribution in [1.29, 1.82) is 0 Å². The van der Waals surface area contributed by atoms with Gasteiger partial charge in [-0.25, -0.2) is 9.97 Å². The molecule has 0 aliphatic carbocycles. The summed E-state index contributed by atoms with van der Waals surface area (Å²) in [6.07, 6.45) is 2.30. The molecule has 0 unspecified atom stereocenters. The maximum atomic E-state index is 10.8. The first-order valence-electron chi connectivity index (χ1n) is 5.48. The van der Waals surface area contributed by atoms with Gasteiger partial charge in [0.2, 0.25) is 0 Å². The lowest BCUT2D eigenvalue weighted by Crippen LogP contribution is -2.30. The molecule has 0 aliphatic rings. The number of methoxy groups -OCH3 is 1. The summed E-state index contributed by atoms with van der Waals surface area (Å²) in [6, 6.07) is 1.67. The Labute approximate surface area is 96.1 Å². The van der Waals surface area contributed by atoms with Crippen LogP contribution in [0.2, 0.25) is 0 Å². The Morgan fingerprint density at radius 1 is 1.38 bits per heavy atom. The average Bonchev–Trinajstić information content (AvgIpc) is 2.31. The summed E-state index contributed by atoms with van der Waals surface area (Å²) in [7, 11) is 1.65. The molecule has 16 heavy (non-hydrogen) atoms. The zero-order valence-electron chi connectivity index (χ0n) is 10.3. The summed E-state index contributed by atoms with van der Waals surface area (Å²) in [5.74, 6) is 0.599. The molecule has 4 nitrogen and oxygen atoms in total. The van der Waals surface area contributed by atoms with Crippen molar-refractivity contribution in [2.75, 3.05) is 7.11 Å². The Hall–Kier alpha value is -1.29. The molecule has 0 amide bonds. The molecule has 0 N–H and O–H groups in total. The number of ether oxygens (including phenoxy) is 1. The van der Waals surface area contributed by atoms with Crippen LogP contribution in [0.3, 0.4) is 0 Å². The van der Waals surface area contributed by atoms with Crippen LogP contribution in [0.5, 0.6) is 0 Å². The maximum Gasteiger partial charge on any atom is 0.168 e. The first kappa shape index (κ1) is 12.8. The van der Waals surface area contributed by atoms with E-state index in [1.165, 1.54) is 0 Å². The summed E-state index contributed by atoms with van der Waals surface area (Å²) >= 11 is 0. The molecule has 0 spiro atoms. The molecule has 0 saturated heterocycles. The highest BCUT2D eigenvalue weighted by molar-refractivity contribution is 5.71. The standard InChI is InChI=1S/C12H18N2O2/c1-5-12(6-2,16-4)11-13-9(3)7-10(8-15)14-11/h7-8H,5-6H2,1-4H3. The molecular formula is C12H18N2O2. The van der Waals surface area contributed by atoms with E-state index in [1.807, 2.05) is 20.8 Å². The van der Waals surface area contributed by atoms with E-state index in [1.54, 1.807) is 13.2 Å². The molecule has 1 heterocycles. The maximum absolute atomic E-state index is 10.8. The van der Waals surface area contributed by atoms with Gasteiger partial charge < -0.3 is 4.74 Å². The van der Waals surface area contributed by atoms with Crippen molar-refractivity contribution in [2.24, 2.45) is 0 Å². The monoisotopic (exact) mass is 222 g/mol. The van der Waals surface area contributed by atoms with Gasteiger partial charge in [0.25, 0.3) is 0 Å². The van der Waals surface area contributed by atoms with Crippen LogP contribution in [-0.4, -0.2) is 23.4 Å². The second-order valence-electron chi connectivity index (χ2n) is 3.78. The van der Waals surface area contributed by atoms with Gasteiger partial charge in [-0.1, -0.05) is 13.8 Å². The molecule has 1 aromatic rings. The van der Waals surface area contributed by atoms with Gasteiger partial charge in [-0.3, -0.25) is 4.79 Å². The van der Waals surface area contributed by atoms with E-state index < -0.39 is 5.60 Å². The third kappa shape index (κ3) is 2.27. The number of hydrogen-bond donors (Lipinski definition) is 0. The zero-order chi connectivity index (χ0) is 12.2. The number of nitrogens with zero attached hydrogens (tertiary/aromatic N) is 2. The lowest BCUT2D eigenvalue weighted by atomic mass is 9.96. The molecule has 88 valence electrons. The van der Waals surface area contributed by atoms with E-state index in [2.05, 4.69) is 9.97 Å². The van der Waals surface area contributed by atoms with Gasteiger partial charge in [0, 0.05) is 12.8 Å². The predicted octanol–water partition coefficient (Wildman–Crippen LogP) is 2.26. The van der Waals surface area contributed by atoms with Gasteiger partial charge in [0.1, 0.15) is 11.3 Å². The van der Waals surface area contributed by atoms with Crippen molar-refractivity contribution in [3.05, 3.63) is 23.3 Å². The van der Waals surface area contributed by atoms with Crippen LogP contribution in [0, 0.1) is 6.92 Å². The SMILES string of the molecule is CCC(CC)(OC)c1nc(C)cc(C=O)n1. The minimum Gasteiger partial charge on any atom is -0.370 e. The van der Waals surface area contributed by atoms with Crippen molar-refractivity contribution in [3.63, 3.8) is 0 Å². The van der Waals surface area contributed by atoms with E-state index in [9.17, 15) is 4.79 Å². The van der Waals surface area contributed by atoms with Crippen molar-refractivity contribution in [3.8, 4) is 0 Å². The second-order valence-corrected chi connectivity index (χ2v) is 3.78. The topological polar surface area (TPSA) is 52.1 Å². The molecular weight excluding hydrogens is 204 g/mol. The van der Waals surface area contributed by atoms with Crippen molar-refractivity contribution >= 4 is 6.29 Å². The van der Waals surface area contributed by atoms with Crippen LogP contribution < -0.4 is 0 Å². The fourth-order valence-corrected chi connectivity index (χ4v) is 1.80. The molecule has 0 atom stereocenters. The molecule has 1 aromatic heterocycles. The molecule has 4 heteroatoms. The number of aromatic nitrogens is 2. The number of carbonyl (C=O) groups is 1. The molecule has 0 aliphatic heterocycles. The highest BCUT2D eigenvalue weighted by Gasteiger charge is 2.31. The first-order chi connectivity index (χ1) is 7.61. The summed E-state index contributed by atoms with van der Waals surface area (Å²) in [4.78, 5) is 19.4. The number of rotatable bonds is 5. The minimum atomic E-state index is -0.482. The van der Waals surface area contributed by atoms with Gasteiger partial charge in [-0.15, -0.1) is 0 Å². The molecule has 0 aromatic carbocycles. The quantitative estimate of drug-likeness (QED) is 0.717. The lowest BCUT2D eigenvalue weighted by Gasteiger charge is -2.28. The van der Waals surface area contributed by atoms with Crippen LogP contribution >= 0.6 is 0 Å². The number of hydrogen-bond acceptors (Lipinski definition) is 4. The Balaban J connectivity index is 3.28. The Morgan fingerprint density at radius 3 is 2.44 bits per heavy atom. The van der Waals surface area contributed by atoms with Gasteiger partial charge in [-0.2, -0.15) is 0 Å². The normalized spacial score (nSPS) is 11.5. The minimum absolute atomic E-state index is 0.408. The predicted molar refractivity (Wildman–Crippen MR) is 61.4 cm³/mol. The Bertz CT molecular complexity index is 365. The van der Waals surface area contributed by atoms with Crippen LogP contribution in [0.15, 0.2) is 6.07 Å². The Morgan fingerprint density at radius 2 is 2.00 bits per heavy atom.